The highest BCUT2D eigenvalue weighted by molar-refractivity contribution is 5.86. The van der Waals surface area contributed by atoms with Crippen LogP contribution in [0.5, 0.6) is 0 Å². The van der Waals surface area contributed by atoms with E-state index in [0.717, 1.165) is 0 Å². The van der Waals surface area contributed by atoms with Crippen molar-refractivity contribution in [2.45, 2.75) is 75.9 Å². The summed E-state index contributed by atoms with van der Waals surface area (Å²) < 4.78 is 30.4. The first-order valence-corrected chi connectivity index (χ1v) is 26.1. The molecule has 0 saturated carbocycles. The minimum Gasteiger partial charge on any atom is -0.468 e. The van der Waals surface area contributed by atoms with Crippen LogP contribution < -0.4 is 17.2 Å². The number of carbonyl (C=O) groups excluding carboxylic acids is 6. The summed E-state index contributed by atoms with van der Waals surface area (Å²) in [4.78, 5) is 71.1. The summed E-state index contributed by atoms with van der Waals surface area (Å²) in [7, 11) is 3.84. The van der Waals surface area contributed by atoms with Crippen molar-refractivity contribution in [1.82, 2.24) is 0 Å². The molecule has 0 aliphatic heterocycles. The van der Waals surface area contributed by atoms with Gasteiger partial charge < -0.3 is 45.6 Å². The number of methoxy groups -OCH3 is 3. The van der Waals surface area contributed by atoms with Crippen LogP contribution in [0.4, 0.5) is 0 Å². The van der Waals surface area contributed by atoms with Crippen LogP contribution in [-0.4, -0.2) is 95.1 Å². The molecular formula is C63H72Cl3N3O12. The highest BCUT2D eigenvalue weighted by atomic mass is 35.5. The molecule has 18 heteroatoms. The third-order valence-electron chi connectivity index (χ3n) is 14.8. The molecule has 6 aromatic rings. The van der Waals surface area contributed by atoms with Gasteiger partial charge in [-0.2, -0.15) is 0 Å². The molecule has 6 aromatic carbocycles. The van der Waals surface area contributed by atoms with Crippen molar-refractivity contribution in [3.8, 4) is 33.4 Å². The lowest BCUT2D eigenvalue weighted by Crippen LogP contribution is -2.38. The van der Waals surface area contributed by atoms with Crippen molar-refractivity contribution in [2.24, 2.45) is 35.0 Å². The Morgan fingerprint density at radius 2 is 0.519 bits per heavy atom. The van der Waals surface area contributed by atoms with Gasteiger partial charge in [0, 0.05) is 17.8 Å². The van der Waals surface area contributed by atoms with E-state index in [9.17, 15) is 28.8 Å². The van der Waals surface area contributed by atoms with Gasteiger partial charge in [-0.3, -0.25) is 28.8 Å². The molecule has 0 amide bonds. The fraction of sp³-hybridized carbons (Fsp3) is 0.333. The Kier molecular flexibility index (Phi) is 25.6. The van der Waals surface area contributed by atoms with E-state index < -0.39 is 36.0 Å². The van der Waals surface area contributed by atoms with Crippen molar-refractivity contribution < 1.29 is 57.2 Å². The largest absolute Gasteiger partial charge is 0.468 e. The summed E-state index contributed by atoms with van der Waals surface area (Å²) in [5.41, 5.74) is 31.5. The lowest BCUT2D eigenvalue weighted by Gasteiger charge is -2.18. The number of benzene rings is 6. The van der Waals surface area contributed by atoms with Crippen LogP contribution >= 0.6 is 37.2 Å². The second kappa shape index (κ2) is 31.2. The van der Waals surface area contributed by atoms with Gasteiger partial charge in [0.15, 0.2) is 0 Å². The van der Waals surface area contributed by atoms with Gasteiger partial charge in [-0.05, 0) is 84.5 Å². The van der Waals surface area contributed by atoms with Crippen molar-refractivity contribution in [1.29, 1.82) is 0 Å². The molecule has 81 heavy (non-hydrogen) atoms. The highest BCUT2D eigenvalue weighted by Crippen LogP contribution is 2.47. The Morgan fingerprint density at radius 3 is 0.691 bits per heavy atom. The van der Waals surface area contributed by atoms with E-state index >= 15 is 0 Å². The van der Waals surface area contributed by atoms with Crippen LogP contribution in [0.25, 0.3) is 33.4 Å². The number of fused-ring (bicyclic) bond motifs is 9. The van der Waals surface area contributed by atoms with Gasteiger partial charge in [-0.25, -0.2) is 0 Å². The summed E-state index contributed by atoms with van der Waals surface area (Å²) >= 11 is 0. The fourth-order valence-corrected chi connectivity index (χ4v) is 10.3. The van der Waals surface area contributed by atoms with Crippen LogP contribution in [0.3, 0.4) is 0 Å². The van der Waals surface area contributed by atoms with E-state index in [1.807, 2.05) is 72.8 Å². The first-order chi connectivity index (χ1) is 37.6. The number of halogens is 3. The van der Waals surface area contributed by atoms with E-state index in [1.54, 1.807) is 20.8 Å². The van der Waals surface area contributed by atoms with E-state index in [2.05, 4.69) is 87.0 Å². The summed E-state index contributed by atoms with van der Waals surface area (Å²) in [5.74, 6) is -3.63. The molecule has 15 nitrogen and oxygen atoms in total. The van der Waals surface area contributed by atoms with Gasteiger partial charge >= 0.3 is 35.8 Å². The van der Waals surface area contributed by atoms with Gasteiger partial charge in [0.05, 0.1) is 40.6 Å². The molecule has 3 aliphatic carbocycles. The molecule has 6 N–H and O–H groups in total. The predicted octanol–water partition coefficient (Wildman–Crippen LogP) is 9.87. The van der Waals surface area contributed by atoms with Crippen LogP contribution in [0.15, 0.2) is 146 Å². The number of hydrogen-bond donors (Lipinski definition) is 3. The maximum Gasteiger partial charge on any atom is 0.322 e. The van der Waals surface area contributed by atoms with Crippen LogP contribution in [0.1, 0.15) is 91.2 Å². The summed E-state index contributed by atoms with van der Waals surface area (Å²) in [5, 5.41) is 0. The van der Waals surface area contributed by atoms with Crippen LogP contribution in [0, 0.1) is 17.8 Å². The maximum atomic E-state index is 12.2. The minimum atomic E-state index is -0.833. The number of carbonyl (C=O) groups is 6. The molecule has 0 saturated heterocycles. The number of ether oxygens (including phenoxy) is 6. The predicted molar refractivity (Wildman–Crippen MR) is 317 cm³/mol. The zero-order valence-corrected chi connectivity index (χ0v) is 48.6. The number of nitrogens with two attached hydrogens (primary N) is 3. The Balaban J connectivity index is 0.000000257. The molecule has 3 aliphatic rings. The molecule has 0 heterocycles. The van der Waals surface area contributed by atoms with E-state index in [4.69, 9.17) is 31.4 Å². The Labute approximate surface area is 492 Å². The second-order valence-corrected chi connectivity index (χ2v) is 19.9. The van der Waals surface area contributed by atoms with Gasteiger partial charge in [-0.15, -0.1) is 37.2 Å². The molecule has 0 aromatic heterocycles. The summed E-state index contributed by atoms with van der Waals surface area (Å²) in [6, 6.07) is 46.5. The maximum absolute atomic E-state index is 12.2. The summed E-state index contributed by atoms with van der Waals surface area (Å²) in [6.07, 6.45) is 0.227. The molecular weight excluding hydrogens is 1100 g/mol. The topological polar surface area (TPSA) is 236 Å². The van der Waals surface area contributed by atoms with Crippen LogP contribution in [0.2, 0.25) is 0 Å². The third kappa shape index (κ3) is 15.9. The van der Waals surface area contributed by atoms with Gasteiger partial charge in [-0.1, -0.05) is 166 Å². The van der Waals surface area contributed by atoms with Crippen molar-refractivity contribution >= 4 is 73.0 Å². The molecule has 432 valence electrons. The van der Waals surface area contributed by atoms with Gasteiger partial charge in [0.2, 0.25) is 0 Å². The second-order valence-electron chi connectivity index (χ2n) is 19.9. The molecule has 0 radical (unpaired) electrons. The Hall–Kier alpha value is -7.11. The van der Waals surface area contributed by atoms with Crippen molar-refractivity contribution in [3.05, 3.63) is 179 Å². The Morgan fingerprint density at radius 1 is 0.346 bits per heavy atom. The molecule has 6 atom stereocenters. The average molecular weight is 1170 g/mol. The van der Waals surface area contributed by atoms with Crippen molar-refractivity contribution in [3.63, 3.8) is 0 Å². The molecule has 0 unspecified atom stereocenters. The minimum absolute atomic E-state index is 0. The molecule has 9 rings (SSSR count). The number of rotatable bonds is 18. The zero-order chi connectivity index (χ0) is 56.0. The monoisotopic (exact) mass is 1170 g/mol. The highest BCUT2D eigenvalue weighted by Gasteiger charge is 2.34. The third-order valence-corrected chi connectivity index (χ3v) is 14.8. The Bertz CT molecular complexity index is 2660. The average Bonchev–Trinajstić information content (AvgIpc) is 4.33. The SMILES string of the molecule is COC(=O)[C@@H](N)[C@H](C)CC(=O)OCC1c2ccccc2-c2ccccc21.COC(=O)[C@H](N)[C@@H](C)CC(=O)OCC1c2ccccc2-c2ccccc21.COC(=O)[C@H](N)[C@H](C)CC(=O)OCC1c2ccccc2-c2ccccc21.Cl.Cl.Cl. The first-order valence-electron chi connectivity index (χ1n) is 26.1. The van der Waals surface area contributed by atoms with Gasteiger partial charge in [0.1, 0.15) is 37.9 Å². The smallest absolute Gasteiger partial charge is 0.322 e. The number of hydrogen-bond acceptors (Lipinski definition) is 15. The summed E-state index contributed by atoms with van der Waals surface area (Å²) in [6.45, 7) is 6.03. The fourth-order valence-electron chi connectivity index (χ4n) is 10.3. The number of esters is 6. The molecule has 0 fully saturated rings. The van der Waals surface area contributed by atoms with E-state index in [-0.39, 0.29) is 130 Å². The lowest BCUT2D eigenvalue weighted by molar-refractivity contribution is -0.149. The molecule has 0 bridgehead atoms. The molecule has 0 spiro atoms. The zero-order valence-electron chi connectivity index (χ0n) is 46.2. The van der Waals surface area contributed by atoms with Crippen molar-refractivity contribution in [2.75, 3.05) is 41.2 Å². The lowest BCUT2D eigenvalue weighted by atomic mass is 9.97. The van der Waals surface area contributed by atoms with E-state index in [0.29, 0.717) is 0 Å². The quantitative estimate of drug-likeness (QED) is 0.0536. The first kappa shape index (κ1) is 66.4. The standard InChI is InChI=1S/3C21H23NO4.3ClH/c3*1-13(20(22)21(24)25-2)11-19(23)26-12-18-16-9-5-3-7-14(16)15-8-4-6-10-17(15)18;;;/h3*3-10,13,18,20H,11-12,22H2,1-2H3;3*1H/t2*13-,20+;13-,20-;;;/m101.../s1. The van der Waals surface area contributed by atoms with E-state index in [1.165, 1.54) is 88.1 Å². The van der Waals surface area contributed by atoms with Gasteiger partial charge in [0.25, 0.3) is 0 Å². The van der Waals surface area contributed by atoms with Crippen LogP contribution in [-0.2, 0) is 57.2 Å². The normalized spacial score (nSPS) is 14.3.